The number of nitrogens with zero attached hydrogens (tertiary/aromatic N) is 3. The molecule has 1 aromatic heterocycles. The molecule has 7 N–H and O–H groups in total. The van der Waals surface area contributed by atoms with Crippen LogP contribution in [0.2, 0.25) is 0 Å². The number of carboxylic acids is 1. The number of hydrogen-bond acceptors (Lipinski definition) is 14. The molecular formula is C35H45F2N5O13. The van der Waals surface area contributed by atoms with Crippen LogP contribution in [0.3, 0.4) is 0 Å². The van der Waals surface area contributed by atoms with E-state index in [1.54, 1.807) is 0 Å². The minimum Gasteiger partial charge on any atom is -0.493 e. The molecule has 6 atom stereocenters. The summed E-state index contributed by atoms with van der Waals surface area (Å²) in [6.45, 7) is 3.69. The maximum atomic E-state index is 14.6. The number of halogens is 2. The van der Waals surface area contributed by atoms with Gasteiger partial charge in [0.05, 0.1) is 69.5 Å². The molecular weight excluding hydrogens is 736 g/mol. The number of carbonyl (C=O) groups is 3. The largest absolute Gasteiger partial charge is 0.493 e. The number of benzene rings is 2. The fourth-order valence-corrected chi connectivity index (χ4v) is 6.32. The molecule has 2 amide bonds. The second-order valence-electron chi connectivity index (χ2n) is 12.7. The molecule has 18 nitrogen and oxygen atoms in total. The van der Waals surface area contributed by atoms with Crippen molar-refractivity contribution in [2.75, 3.05) is 27.9 Å². The van der Waals surface area contributed by atoms with Crippen molar-refractivity contribution in [3.05, 3.63) is 53.3 Å². The minimum atomic E-state index is -3.26. The van der Waals surface area contributed by atoms with Gasteiger partial charge in [-0.05, 0) is 43.2 Å². The van der Waals surface area contributed by atoms with Gasteiger partial charge in [0.1, 0.15) is 29.8 Å². The minimum absolute atomic E-state index is 0.0394. The normalized spacial score (nSPS) is 21.0. The summed E-state index contributed by atoms with van der Waals surface area (Å²) in [6.07, 6.45) is -9.73. The second kappa shape index (κ2) is 17.5. The Morgan fingerprint density at radius 2 is 1.69 bits per heavy atom. The monoisotopic (exact) mass is 781 g/mol. The standard InChI is InChI=1S/C35H45F2N5O13/c1-7-34(8-2,39-32(48)18-11-24(51-4)29(53-6)25(12-18)52-5)26-15-42(41-40-26)19-9-10-23(20(13-19)31(36)37)54-35(33(49)50)14-21(45)27(38-17(3)44)30(55-35)28(47)22(46)16-43/h9-13,15,21-22,27-28,30-31,43,45-47H,7-8,14,16H2,1-6H3,(H,38,44)(H,39,48)(H,49,50)/t21-,22+,27+,28+,30+,35+/m0/s1. The zero-order valence-electron chi connectivity index (χ0n) is 30.9. The van der Waals surface area contributed by atoms with Crippen LogP contribution in [-0.4, -0.2) is 122 Å². The van der Waals surface area contributed by atoms with Crippen LogP contribution in [0.1, 0.15) is 68.1 Å². The zero-order valence-corrected chi connectivity index (χ0v) is 30.9. The van der Waals surface area contributed by atoms with Gasteiger partial charge in [0.25, 0.3) is 12.3 Å². The molecule has 0 aliphatic carbocycles. The number of methoxy groups -OCH3 is 3. The van der Waals surface area contributed by atoms with Gasteiger partial charge in [-0.1, -0.05) is 19.1 Å². The summed E-state index contributed by atoms with van der Waals surface area (Å²) in [6, 6.07) is 4.72. The van der Waals surface area contributed by atoms with Crippen LogP contribution < -0.4 is 29.6 Å². The Morgan fingerprint density at radius 3 is 2.20 bits per heavy atom. The summed E-state index contributed by atoms with van der Waals surface area (Å²) in [5, 5.41) is 65.0. The lowest BCUT2D eigenvalue weighted by Gasteiger charge is -2.46. The first-order chi connectivity index (χ1) is 26.0. The molecule has 1 aliphatic heterocycles. The highest BCUT2D eigenvalue weighted by Gasteiger charge is 2.57. The van der Waals surface area contributed by atoms with Crippen molar-refractivity contribution in [2.24, 2.45) is 0 Å². The lowest BCUT2D eigenvalue weighted by atomic mass is 9.88. The maximum absolute atomic E-state index is 14.6. The number of amides is 2. The summed E-state index contributed by atoms with van der Waals surface area (Å²) in [7, 11) is 4.25. The number of hydrogen-bond donors (Lipinski definition) is 7. The number of aromatic nitrogens is 3. The van der Waals surface area contributed by atoms with Gasteiger partial charge in [-0.3, -0.25) is 9.59 Å². The number of rotatable bonds is 17. The van der Waals surface area contributed by atoms with Gasteiger partial charge in [0.2, 0.25) is 11.7 Å². The van der Waals surface area contributed by atoms with Crippen molar-refractivity contribution in [1.82, 2.24) is 25.6 Å². The summed E-state index contributed by atoms with van der Waals surface area (Å²) in [5.74, 6) is -5.91. The zero-order chi connectivity index (χ0) is 40.8. The Hall–Kier alpha value is -5.15. The third-order valence-electron chi connectivity index (χ3n) is 9.42. The van der Waals surface area contributed by atoms with E-state index in [0.717, 1.165) is 19.1 Å². The first-order valence-electron chi connectivity index (χ1n) is 17.0. The van der Waals surface area contributed by atoms with Gasteiger partial charge in [0, 0.05) is 12.5 Å². The number of carboxylic acid groups (broad SMARTS) is 1. The third kappa shape index (κ3) is 8.73. The van der Waals surface area contributed by atoms with Crippen LogP contribution in [0.15, 0.2) is 36.5 Å². The molecule has 1 aliphatic rings. The van der Waals surface area contributed by atoms with Crippen LogP contribution in [0.5, 0.6) is 23.0 Å². The molecule has 1 fully saturated rings. The van der Waals surface area contributed by atoms with Crippen molar-refractivity contribution in [3.8, 4) is 28.7 Å². The average molecular weight is 782 g/mol. The van der Waals surface area contributed by atoms with E-state index in [2.05, 4.69) is 20.9 Å². The second-order valence-corrected chi connectivity index (χ2v) is 12.7. The highest BCUT2D eigenvalue weighted by atomic mass is 19.3. The number of ether oxygens (including phenoxy) is 5. The van der Waals surface area contributed by atoms with Crippen LogP contribution in [0, 0.1) is 0 Å². The molecule has 0 unspecified atom stereocenters. The summed E-state index contributed by atoms with van der Waals surface area (Å²) in [4.78, 5) is 38.1. The Labute approximate surface area is 313 Å². The molecule has 4 rings (SSSR count). The maximum Gasteiger partial charge on any atom is 0.377 e. The van der Waals surface area contributed by atoms with Crippen molar-refractivity contribution in [2.45, 2.75) is 88.2 Å². The number of carbonyl (C=O) groups excluding carboxylic acids is 2. The summed E-state index contributed by atoms with van der Waals surface area (Å²) in [5.41, 5.74) is -1.39. The Morgan fingerprint density at radius 1 is 1.05 bits per heavy atom. The van der Waals surface area contributed by atoms with E-state index >= 15 is 0 Å². The van der Waals surface area contributed by atoms with Crippen molar-refractivity contribution >= 4 is 17.8 Å². The number of aliphatic hydroxyl groups is 4. The van der Waals surface area contributed by atoms with Crippen molar-refractivity contribution < 1.29 is 72.4 Å². The van der Waals surface area contributed by atoms with Crippen LogP contribution >= 0.6 is 0 Å². The molecule has 0 spiro atoms. The number of alkyl halides is 2. The molecule has 55 heavy (non-hydrogen) atoms. The van der Waals surface area contributed by atoms with E-state index in [1.165, 1.54) is 50.4 Å². The Kier molecular flexibility index (Phi) is 13.6. The van der Waals surface area contributed by atoms with E-state index < -0.39 is 90.3 Å². The molecule has 3 aromatic rings. The lowest BCUT2D eigenvalue weighted by molar-refractivity contribution is -0.284. The van der Waals surface area contributed by atoms with Gasteiger partial charge in [-0.15, -0.1) is 5.10 Å². The van der Waals surface area contributed by atoms with Gasteiger partial charge in [0.15, 0.2) is 11.5 Å². The van der Waals surface area contributed by atoms with Gasteiger partial charge >= 0.3 is 11.8 Å². The van der Waals surface area contributed by atoms with E-state index in [9.17, 15) is 48.7 Å². The molecule has 2 aromatic carbocycles. The summed E-state index contributed by atoms with van der Waals surface area (Å²) >= 11 is 0. The molecule has 0 saturated carbocycles. The third-order valence-corrected chi connectivity index (χ3v) is 9.42. The molecule has 0 radical (unpaired) electrons. The molecule has 1 saturated heterocycles. The molecule has 0 bridgehead atoms. The van der Waals surface area contributed by atoms with Crippen LogP contribution in [0.4, 0.5) is 8.78 Å². The average Bonchev–Trinajstić information content (AvgIpc) is 3.67. The van der Waals surface area contributed by atoms with Crippen LogP contribution in [-0.2, 0) is 19.9 Å². The molecule has 2 heterocycles. The SMILES string of the molecule is CCC(CC)(NC(=O)c1cc(OC)c(OC)c(OC)c1)c1cn(-c2ccc(O[C@]3(C(=O)O)C[C@H](O)[C@@H](NC(C)=O)[C@H]([C@H](O)[C@H](O)CO)O3)c(C(F)F)c2)nn1. The Balaban J connectivity index is 1.68. The smallest absolute Gasteiger partial charge is 0.377 e. The predicted octanol–water partition coefficient (Wildman–Crippen LogP) is 1.20. The fourth-order valence-electron chi connectivity index (χ4n) is 6.32. The number of aliphatic hydroxyl groups excluding tert-OH is 4. The van der Waals surface area contributed by atoms with E-state index in [0.29, 0.717) is 18.6 Å². The predicted molar refractivity (Wildman–Crippen MR) is 185 cm³/mol. The Bertz CT molecular complexity index is 1820. The first kappa shape index (κ1) is 42.6. The fraction of sp³-hybridized carbons (Fsp3) is 0.514. The summed E-state index contributed by atoms with van der Waals surface area (Å²) < 4.78 is 57.7. The topological polar surface area (TPSA) is 253 Å². The quantitative estimate of drug-likeness (QED) is 0.102. The highest BCUT2D eigenvalue weighted by Crippen LogP contribution is 2.40. The van der Waals surface area contributed by atoms with Gasteiger partial charge < -0.3 is 59.9 Å². The van der Waals surface area contributed by atoms with Gasteiger partial charge in [-0.25, -0.2) is 18.3 Å². The lowest BCUT2D eigenvalue weighted by Crippen LogP contribution is -2.68. The van der Waals surface area contributed by atoms with E-state index in [-0.39, 0.29) is 28.4 Å². The van der Waals surface area contributed by atoms with Gasteiger partial charge in [-0.2, -0.15) is 0 Å². The number of nitrogens with one attached hydrogen (secondary N) is 2. The highest BCUT2D eigenvalue weighted by molar-refractivity contribution is 5.96. The van der Waals surface area contributed by atoms with E-state index in [1.807, 2.05) is 13.8 Å². The van der Waals surface area contributed by atoms with E-state index in [4.69, 9.17) is 23.7 Å². The van der Waals surface area contributed by atoms with Crippen molar-refractivity contribution in [1.29, 1.82) is 0 Å². The number of aliphatic carboxylic acids is 1. The van der Waals surface area contributed by atoms with Crippen molar-refractivity contribution in [3.63, 3.8) is 0 Å². The molecule has 20 heteroatoms. The first-order valence-corrected chi connectivity index (χ1v) is 17.0. The molecule has 302 valence electrons. The van der Waals surface area contributed by atoms with Crippen LogP contribution in [0.25, 0.3) is 5.69 Å².